The van der Waals surface area contributed by atoms with Crippen molar-refractivity contribution in [2.45, 2.75) is 38.8 Å². The highest BCUT2D eigenvalue weighted by Gasteiger charge is 2.14. The number of hydrogen-bond acceptors (Lipinski definition) is 6. The molecule has 8 heteroatoms. The van der Waals surface area contributed by atoms with Crippen LogP contribution in [0.3, 0.4) is 0 Å². The second-order valence-corrected chi connectivity index (χ2v) is 9.09. The summed E-state index contributed by atoms with van der Waals surface area (Å²) in [6.45, 7) is 3.85. The summed E-state index contributed by atoms with van der Waals surface area (Å²) in [5, 5.41) is 6.12. The zero-order valence-corrected chi connectivity index (χ0v) is 17.9. The molecule has 2 aromatic heterocycles. The van der Waals surface area contributed by atoms with Crippen LogP contribution in [-0.2, 0) is 13.1 Å². The van der Waals surface area contributed by atoms with Crippen molar-refractivity contribution in [2.24, 2.45) is 0 Å². The van der Waals surface area contributed by atoms with Gasteiger partial charge >= 0.3 is 6.03 Å². The minimum atomic E-state index is -0.274. The molecule has 1 aliphatic heterocycles. The third kappa shape index (κ3) is 5.85. The minimum Gasteiger partial charge on any atom is -0.334 e. The fraction of sp³-hybridized carbons (Fsp3) is 0.381. The van der Waals surface area contributed by atoms with Crippen molar-refractivity contribution in [2.75, 3.05) is 18.4 Å². The lowest BCUT2D eigenvalue weighted by Gasteiger charge is -2.18. The van der Waals surface area contributed by atoms with E-state index in [4.69, 9.17) is 0 Å². The van der Waals surface area contributed by atoms with Crippen molar-refractivity contribution in [3.8, 4) is 10.7 Å². The molecule has 0 atom stereocenters. The Morgan fingerprint density at radius 1 is 1.03 bits per heavy atom. The number of carbonyl (C=O) groups excluding carboxylic acids is 1. The van der Waals surface area contributed by atoms with Crippen molar-refractivity contribution in [1.29, 1.82) is 0 Å². The maximum atomic E-state index is 12.1. The standard InChI is InChI=1S/C21H25N5OS2/c27-20(22-14-16-8-4-3-5-9-16)24-21-23-19(25-29-21)18-11-10-17(28-18)15-26-12-6-1-2-7-13-26/h3-5,8-11H,1-2,6-7,12-15H2,(H2,22,23,24,25,27). The van der Waals surface area contributed by atoms with E-state index in [0.717, 1.165) is 17.0 Å². The molecule has 6 nitrogen and oxygen atoms in total. The molecular weight excluding hydrogens is 402 g/mol. The van der Waals surface area contributed by atoms with Crippen LogP contribution in [0.2, 0.25) is 0 Å². The van der Waals surface area contributed by atoms with Gasteiger partial charge in [0.05, 0.1) is 4.88 Å². The lowest BCUT2D eigenvalue weighted by molar-refractivity contribution is 0.251. The maximum Gasteiger partial charge on any atom is 0.321 e. The largest absolute Gasteiger partial charge is 0.334 e. The van der Waals surface area contributed by atoms with Gasteiger partial charge < -0.3 is 5.32 Å². The van der Waals surface area contributed by atoms with E-state index in [1.165, 1.54) is 55.2 Å². The van der Waals surface area contributed by atoms with Crippen LogP contribution in [0.25, 0.3) is 10.7 Å². The van der Waals surface area contributed by atoms with Gasteiger partial charge in [0.15, 0.2) is 5.82 Å². The van der Waals surface area contributed by atoms with Crippen LogP contribution in [0.5, 0.6) is 0 Å². The number of amides is 2. The van der Waals surface area contributed by atoms with Gasteiger partial charge in [-0.3, -0.25) is 10.2 Å². The molecule has 2 amide bonds. The fourth-order valence-electron chi connectivity index (χ4n) is 3.39. The smallest absolute Gasteiger partial charge is 0.321 e. The summed E-state index contributed by atoms with van der Waals surface area (Å²) in [5.41, 5.74) is 1.05. The summed E-state index contributed by atoms with van der Waals surface area (Å²) in [7, 11) is 0. The predicted octanol–water partition coefficient (Wildman–Crippen LogP) is 4.96. The summed E-state index contributed by atoms with van der Waals surface area (Å²) in [6, 6.07) is 13.8. The van der Waals surface area contributed by atoms with Crippen LogP contribution < -0.4 is 10.6 Å². The number of likely N-dealkylation sites (tertiary alicyclic amines) is 1. The molecule has 0 aliphatic carbocycles. The van der Waals surface area contributed by atoms with Gasteiger partial charge in [-0.15, -0.1) is 11.3 Å². The molecule has 1 aromatic carbocycles. The first kappa shape index (κ1) is 20.0. The van der Waals surface area contributed by atoms with E-state index in [-0.39, 0.29) is 6.03 Å². The first-order chi connectivity index (χ1) is 14.3. The van der Waals surface area contributed by atoms with Gasteiger partial charge in [0.2, 0.25) is 5.13 Å². The number of anilines is 1. The van der Waals surface area contributed by atoms with Crippen molar-refractivity contribution < 1.29 is 4.79 Å². The van der Waals surface area contributed by atoms with Gasteiger partial charge in [0.25, 0.3) is 0 Å². The van der Waals surface area contributed by atoms with E-state index >= 15 is 0 Å². The molecule has 0 spiro atoms. The average Bonchev–Trinajstić information content (AvgIpc) is 3.31. The van der Waals surface area contributed by atoms with Crippen LogP contribution in [0.1, 0.15) is 36.1 Å². The molecule has 2 N–H and O–H groups in total. The molecular formula is C21H25N5OS2. The Labute approximate surface area is 179 Å². The molecule has 0 radical (unpaired) electrons. The highest BCUT2D eigenvalue weighted by Crippen LogP contribution is 2.29. The van der Waals surface area contributed by atoms with E-state index in [9.17, 15) is 4.79 Å². The molecule has 1 fully saturated rings. The summed E-state index contributed by atoms with van der Waals surface area (Å²) < 4.78 is 4.42. The molecule has 3 heterocycles. The van der Waals surface area contributed by atoms with Crippen LogP contribution in [0.4, 0.5) is 9.93 Å². The van der Waals surface area contributed by atoms with Crippen molar-refractivity contribution in [3.05, 3.63) is 52.9 Å². The fourth-order valence-corrected chi connectivity index (χ4v) is 5.01. The number of hydrogen-bond donors (Lipinski definition) is 2. The van der Waals surface area contributed by atoms with Crippen LogP contribution in [-0.4, -0.2) is 33.4 Å². The van der Waals surface area contributed by atoms with E-state index in [1.807, 2.05) is 30.3 Å². The first-order valence-corrected chi connectivity index (χ1v) is 11.6. The van der Waals surface area contributed by atoms with Crippen LogP contribution >= 0.6 is 22.9 Å². The monoisotopic (exact) mass is 427 g/mol. The third-order valence-corrected chi connectivity index (χ3v) is 6.60. The van der Waals surface area contributed by atoms with Gasteiger partial charge in [-0.25, -0.2) is 4.79 Å². The summed E-state index contributed by atoms with van der Waals surface area (Å²) in [4.78, 5) is 21.5. The minimum absolute atomic E-state index is 0.274. The normalized spacial score (nSPS) is 15.0. The second kappa shape index (κ2) is 9.96. The Morgan fingerprint density at radius 2 is 1.83 bits per heavy atom. The predicted molar refractivity (Wildman–Crippen MR) is 119 cm³/mol. The Kier molecular flexibility index (Phi) is 6.87. The van der Waals surface area contributed by atoms with Crippen molar-refractivity contribution >= 4 is 34.0 Å². The number of carbonyl (C=O) groups is 1. The molecule has 152 valence electrons. The molecule has 4 rings (SSSR count). The molecule has 0 saturated carbocycles. The van der Waals surface area contributed by atoms with Gasteiger partial charge in [-0.2, -0.15) is 9.36 Å². The average molecular weight is 428 g/mol. The Balaban J connectivity index is 1.30. The number of benzene rings is 1. The summed E-state index contributed by atoms with van der Waals surface area (Å²) in [5.74, 6) is 0.681. The van der Waals surface area contributed by atoms with Gasteiger partial charge in [-0.05, 0) is 43.6 Å². The molecule has 3 aromatic rings. The number of nitrogens with zero attached hydrogens (tertiary/aromatic N) is 3. The van der Waals surface area contributed by atoms with E-state index in [1.54, 1.807) is 11.3 Å². The summed E-state index contributed by atoms with van der Waals surface area (Å²) >= 11 is 2.94. The highest BCUT2D eigenvalue weighted by molar-refractivity contribution is 7.15. The SMILES string of the molecule is O=C(NCc1ccccc1)Nc1nc(-c2ccc(CN3CCCCCC3)s2)ns1. The zero-order chi connectivity index (χ0) is 19.9. The van der Waals surface area contributed by atoms with E-state index in [2.05, 4.69) is 37.0 Å². The maximum absolute atomic E-state index is 12.1. The van der Waals surface area contributed by atoms with Crippen molar-refractivity contribution in [1.82, 2.24) is 19.6 Å². The molecule has 29 heavy (non-hydrogen) atoms. The first-order valence-electron chi connectivity index (χ1n) is 10.0. The Bertz CT molecular complexity index is 916. The quantitative estimate of drug-likeness (QED) is 0.583. The number of rotatable bonds is 6. The van der Waals surface area contributed by atoms with Gasteiger partial charge in [0, 0.05) is 29.5 Å². The summed E-state index contributed by atoms with van der Waals surface area (Å²) in [6.07, 6.45) is 5.30. The molecule has 1 aliphatic rings. The number of thiophene rings is 1. The van der Waals surface area contributed by atoms with E-state index in [0.29, 0.717) is 17.5 Å². The zero-order valence-electron chi connectivity index (χ0n) is 16.3. The second-order valence-electron chi connectivity index (χ2n) is 7.17. The van der Waals surface area contributed by atoms with Crippen molar-refractivity contribution in [3.63, 3.8) is 0 Å². The topological polar surface area (TPSA) is 70.2 Å². The van der Waals surface area contributed by atoms with E-state index < -0.39 is 0 Å². The lowest BCUT2D eigenvalue weighted by atomic mass is 10.2. The van der Waals surface area contributed by atoms with Gasteiger partial charge in [-0.1, -0.05) is 43.2 Å². The molecule has 0 unspecified atom stereocenters. The lowest BCUT2D eigenvalue weighted by Crippen LogP contribution is -2.28. The van der Waals surface area contributed by atoms with Crippen LogP contribution in [0, 0.1) is 0 Å². The number of aromatic nitrogens is 2. The highest BCUT2D eigenvalue weighted by atomic mass is 32.1. The number of nitrogens with one attached hydrogen (secondary N) is 2. The Hall–Kier alpha value is -2.29. The third-order valence-electron chi connectivity index (χ3n) is 4.90. The molecule has 0 bridgehead atoms. The Morgan fingerprint density at radius 3 is 2.62 bits per heavy atom. The van der Waals surface area contributed by atoms with Gasteiger partial charge in [0.1, 0.15) is 0 Å². The number of urea groups is 1. The molecule has 1 saturated heterocycles. The van der Waals surface area contributed by atoms with Crippen LogP contribution in [0.15, 0.2) is 42.5 Å².